The van der Waals surface area contributed by atoms with Gasteiger partial charge < -0.3 is 10.2 Å². The quantitative estimate of drug-likeness (QED) is 0.769. The molecule has 0 saturated carbocycles. The van der Waals surface area contributed by atoms with E-state index in [2.05, 4.69) is 71.3 Å². The van der Waals surface area contributed by atoms with Gasteiger partial charge in [-0.05, 0) is 52.0 Å². The fraction of sp³-hybridized carbons (Fsp3) is 0.625. The topological polar surface area (TPSA) is 15.3 Å². The molecule has 108 valence electrons. The molecule has 0 radical (unpaired) electrons. The van der Waals surface area contributed by atoms with E-state index in [9.17, 15) is 0 Å². The fourth-order valence-electron chi connectivity index (χ4n) is 2.40. The van der Waals surface area contributed by atoms with Crippen LogP contribution in [0, 0.1) is 0 Å². The second-order valence-electron chi connectivity index (χ2n) is 5.27. The number of benzene rings is 1. The molecule has 19 heavy (non-hydrogen) atoms. The summed E-state index contributed by atoms with van der Waals surface area (Å²) in [5.41, 5.74) is 1.35. The average Bonchev–Trinajstić information content (AvgIpc) is 2.41. The standard InChI is InChI=1S/C16H27BrN2/c1-5-8-13(2)19(4)12-11-16(18-3)14-9-6-7-10-15(14)17/h6-7,9-10,13,16,18H,5,8,11-12H2,1-4H3. The Morgan fingerprint density at radius 1 is 1.26 bits per heavy atom. The molecule has 0 spiro atoms. The van der Waals surface area contributed by atoms with Crippen molar-refractivity contribution in [2.75, 3.05) is 20.6 Å². The summed E-state index contributed by atoms with van der Waals surface area (Å²) < 4.78 is 1.19. The average molecular weight is 327 g/mol. The molecule has 0 aliphatic rings. The predicted octanol–water partition coefficient (Wildman–Crippen LogP) is 4.22. The molecular weight excluding hydrogens is 300 g/mol. The van der Waals surface area contributed by atoms with Crippen LogP contribution in [0.2, 0.25) is 0 Å². The first-order valence-electron chi connectivity index (χ1n) is 7.22. The summed E-state index contributed by atoms with van der Waals surface area (Å²) in [7, 11) is 4.27. The lowest BCUT2D eigenvalue weighted by Gasteiger charge is -2.27. The maximum absolute atomic E-state index is 3.64. The Labute approximate surface area is 126 Å². The van der Waals surface area contributed by atoms with E-state index in [0.29, 0.717) is 12.1 Å². The number of hydrogen-bond acceptors (Lipinski definition) is 2. The van der Waals surface area contributed by atoms with E-state index in [1.807, 2.05) is 7.05 Å². The molecule has 0 amide bonds. The van der Waals surface area contributed by atoms with Crippen LogP contribution < -0.4 is 5.32 Å². The number of nitrogens with one attached hydrogen (secondary N) is 1. The monoisotopic (exact) mass is 326 g/mol. The lowest BCUT2D eigenvalue weighted by atomic mass is 10.0. The molecule has 1 aromatic carbocycles. The summed E-state index contributed by atoms with van der Waals surface area (Å²) in [6.45, 7) is 5.69. The Bertz CT molecular complexity index is 368. The Morgan fingerprint density at radius 2 is 1.95 bits per heavy atom. The van der Waals surface area contributed by atoms with E-state index >= 15 is 0 Å². The molecule has 0 bridgehead atoms. The highest BCUT2D eigenvalue weighted by Gasteiger charge is 2.14. The molecule has 0 aliphatic carbocycles. The van der Waals surface area contributed by atoms with Crippen LogP contribution in [0.5, 0.6) is 0 Å². The molecule has 1 rings (SSSR count). The summed E-state index contributed by atoms with van der Waals surface area (Å²) in [6.07, 6.45) is 3.66. The molecular formula is C16H27BrN2. The molecule has 2 nitrogen and oxygen atoms in total. The maximum Gasteiger partial charge on any atom is 0.0340 e. The van der Waals surface area contributed by atoms with Gasteiger partial charge in [0.05, 0.1) is 0 Å². The minimum absolute atomic E-state index is 0.409. The van der Waals surface area contributed by atoms with E-state index in [0.717, 1.165) is 13.0 Å². The van der Waals surface area contributed by atoms with Crippen molar-refractivity contribution < 1.29 is 0 Å². The number of hydrogen-bond donors (Lipinski definition) is 1. The van der Waals surface area contributed by atoms with Crippen molar-refractivity contribution >= 4 is 15.9 Å². The Hall–Kier alpha value is -0.380. The zero-order valence-corrected chi connectivity index (χ0v) is 14.2. The van der Waals surface area contributed by atoms with Gasteiger partial charge in [-0.2, -0.15) is 0 Å². The first kappa shape index (κ1) is 16.7. The zero-order valence-electron chi connectivity index (χ0n) is 12.6. The van der Waals surface area contributed by atoms with E-state index in [1.165, 1.54) is 22.9 Å². The molecule has 0 aromatic heterocycles. The highest BCUT2D eigenvalue weighted by Crippen LogP contribution is 2.25. The fourth-order valence-corrected chi connectivity index (χ4v) is 2.97. The summed E-state index contributed by atoms with van der Waals surface area (Å²) in [4.78, 5) is 2.46. The van der Waals surface area contributed by atoms with E-state index in [4.69, 9.17) is 0 Å². The molecule has 0 heterocycles. The van der Waals surface area contributed by atoms with Crippen LogP contribution in [0.15, 0.2) is 28.7 Å². The van der Waals surface area contributed by atoms with E-state index in [1.54, 1.807) is 0 Å². The minimum Gasteiger partial charge on any atom is -0.313 e. The van der Waals surface area contributed by atoms with Crippen molar-refractivity contribution in [3.8, 4) is 0 Å². The lowest BCUT2D eigenvalue weighted by Crippen LogP contribution is -2.32. The van der Waals surface area contributed by atoms with Gasteiger partial charge in [-0.25, -0.2) is 0 Å². The van der Waals surface area contributed by atoms with E-state index < -0.39 is 0 Å². The molecule has 0 fully saturated rings. The first-order chi connectivity index (χ1) is 9.10. The number of rotatable bonds is 8. The highest BCUT2D eigenvalue weighted by atomic mass is 79.9. The normalized spacial score (nSPS) is 14.6. The summed E-state index contributed by atoms with van der Waals surface area (Å²) in [5, 5.41) is 3.43. The minimum atomic E-state index is 0.409. The molecule has 2 atom stereocenters. The molecule has 0 aliphatic heterocycles. The zero-order chi connectivity index (χ0) is 14.3. The van der Waals surface area contributed by atoms with Gasteiger partial charge in [0, 0.05) is 16.6 Å². The van der Waals surface area contributed by atoms with Crippen molar-refractivity contribution in [2.24, 2.45) is 0 Å². The molecule has 2 unspecified atom stereocenters. The lowest BCUT2D eigenvalue weighted by molar-refractivity contribution is 0.232. The van der Waals surface area contributed by atoms with Gasteiger partial charge in [0.25, 0.3) is 0 Å². The number of nitrogens with zero attached hydrogens (tertiary/aromatic N) is 1. The van der Waals surface area contributed by atoms with Crippen LogP contribution >= 0.6 is 15.9 Å². The van der Waals surface area contributed by atoms with Crippen molar-refractivity contribution in [2.45, 2.75) is 45.2 Å². The van der Waals surface area contributed by atoms with Crippen LogP contribution in [0.25, 0.3) is 0 Å². The van der Waals surface area contributed by atoms with Crippen molar-refractivity contribution in [1.82, 2.24) is 10.2 Å². The van der Waals surface area contributed by atoms with Crippen LogP contribution in [0.4, 0.5) is 0 Å². The molecule has 3 heteroatoms. The first-order valence-corrected chi connectivity index (χ1v) is 8.01. The molecule has 1 N–H and O–H groups in total. The van der Waals surface area contributed by atoms with Crippen molar-refractivity contribution in [3.05, 3.63) is 34.3 Å². The van der Waals surface area contributed by atoms with Gasteiger partial charge in [-0.1, -0.05) is 47.5 Å². The number of halogens is 1. The van der Waals surface area contributed by atoms with Gasteiger partial charge in [-0.3, -0.25) is 0 Å². The van der Waals surface area contributed by atoms with Gasteiger partial charge >= 0.3 is 0 Å². The van der Waals surface area contributed by atoms with Crippen molar-refractivity contribution in [1.29, 1.82) is 0 Å². The second-order valence-corrected chi connectivity index (χ2v) is 6.12. The van der Waals surface area contributed by atoms with Gasteiger partial charge in [0.15, 0.2) is 0 Å². The van der Waals surface area contributed by atoms with Crippen LogP contribution in [0.1, 0.15) is 44.7 Å². The largest absolute Gasteiger partial charge is 0.313 e. The third-order valence-electron chi connectivity index (χ3n) is 3.86. The summed E-state index contributed by atoms with van der Waals surface area (Å²) in [6, 6.07) is 9.56. The smallest absolute Gasteiger partial charge is 0.0340 e. The summed E-state index contributed by atoms with van der Waals surface area (Å²) >= 11 is 3.64. The second kappa shape index (κ2) is 8.72. The summed E-state index contributed by atoms with van der Waals surface area (Å²) in [5.74, 6) is 0. The van der Waals surface area contributed by atoms with Gasteiger partial charge in [0.2, 0.25) is 0 Å². The Balaban J connectivity index is 2.56. The predicted molar refractivity (Wildman–Crippen MR) is 87.6 cm³/mol. The Morgan fingerprint density at radius 3 is 2.53 bits per heavy atom. The maximum atomic E-state index is 3.64. The van der Waals surface area contributed by atoms with Crippen LogP contribution in [-0.2, 0) is 0 Å². The molecule has 0 saturated heterocycles. The van der Waals surface area contributed by atoms with Crippen LogP contribution in [-0.4, -0.2) is 31.6 Å². The third kappa shape index (κ3) is 5.25. The van der Waals surface area contributed by atoms with Gasteiger partial charge in [0.1, 0.15) is 0 Å². The highest BCUT2D eigenvalue weighted by molar-refractivity contribution is 9.10. The van der Waals surface area contributed by atoms with E-state index in [-0.39, 0.29) is 0 Å². The SMILES string of the molecule is CCCC(C)N(C)CCC(NC)c1ccccc1Br. The Kier molecular flexibility index (Phi) is 7.66. The van der Waals surface area contributed by atoms with Gasteiger partial charge in [-0.15, -0.1) is 0 Å². The van der Waals surface area contributed by atoms with Crippen LogP contribution in [0.3, 0.4) is 0 Å². The molecule has 1 aromatic rings. The third-order valence-corrected chi connectivity index (χ3v) is 4.58. The van der Waals surface area contributed by atoms with Crippen molar-refractivity contribution in [3.63, 3.8) is 0 Å².